The topological polar surface area (TPSA) is 55.6 Å². The first kappa shape index (κ1) is 12.8. The fourth-order valence-electron chi connectivity index (χ4n) is 2.59. The highest BCUT2D eigenvalue weighted by atomic mass is 16.5. The van der Waals surface area contributed by atoms with E-state index < -0.39 is 0 Å². The van der Waals surface area contributed by atoms with Crippen LogP contribution in [0.15, 0.2) is 0 Å². The minimum absolute atomic E-state index is 0.0973. The summed E-state index contributed by atoms with van der Waals surface area (Å²) in [5.74, 6) is 0.455. The van der Waals surface area contributed by atoms with Gasteiger partial charge in [-0.1, -0.05) is 13.8 Å². The van der Waals surface area contributed by atoms with E-state index in [2.05, 4.69) is 13.8 Å². The van der Waals surface area contributed by atoms with Crippen molar-refractivity contribution in [2.45, 2.75) is 39.2 Å². The minimum Gasteiger partial charge on any atom is -0.381 e. The molecule has 98 valence electrons. The third kappa shape index (κ3) is 2.80. The van der Waals surface area contributed by atoms with E-state index in [4.69, 9.17) is 10.5 Å². The molecule has 1 atom stereocenters. The van der Waals surface area contributed by atoms with Crippen LogP contribution < -0.4 is 5.73 Å². The maximum Gasteiger partial charge on any atom is 0.225 e. The van der Waals surface area contributed by atoms with Crippen molar-refractivity contribution < 1.29 is 9.53 Å². The van der Waals surface area contributed by atoms with E-state index in [9.17, 15) is 4.79 Å². The third-order valence-corrected chi connectivity index (χ3v) is 4.33. The molecule has 0 bridgehead atoms. The summed E-state index contributed by atoms with van der Waals surface area (Å²) >= 11 is 0. The Labute approximate surface area is 103 Å². The lowest BCUT2D eigenvalue weighted by molar-refractivity contribution is -0.141. The standard InChI is InChI=1S/C13H24N2O2/c1-13(2)5-6-15(9-11(13)14)12(16)10-3-7-17-8-4-10/h10-11H,3-9,14H2,1-2H3. The molecule has 2 rings (SSSR count). The van der Waals surface area contributed by atoms with E-state index in [1.807, 2.05) is 4.90 Å². The van der Waals surface area contributed by atoms with Gasteiger partial charge in [-0.05, 0) is 24.7 Å². The van der Waals surface area contributed by atoms with Crippen LogP contribution in [0.25, 0.3) is 0 Å². The smallest absolute Gasteiger partial charge is 0.225 e. The molecule has 0 aliphatic carbocycles. The molecule has 0 radical (unpaired) electrons. The molecule has 0 saturated carbocycles. The van der Waals surface area contributed by atoms with Crippen LogP contribution in [-0.4, -0.2) is 43.2 Å². The second-order valence-corrected chi connectivity index (χ2v) is 6.02. The average molecular weight is 240 g/mol. The first-order valence-electron chi connectivity index (χ1n) is 6.63. The highest BCUT2D eigenvalue weighted by molar-refractivity contribution is 5.79. The van der Waals surface area contributed by atoms with Crippen molar-refractivity contribution in [3.8, 4) is 0 Å². The van der Waals surface area contributed by atoms with E-state index in [0.29, 0.717) is 12.5 Å². The molecule has 0 aromatic heterocycles. The molecule has 1 unspecified atom stereocenters. The number of hydrogen-bond donors (Lipinski definition) is 1. The molecule has 4 heteroatoms. The molecular formula is C13H24N2O2. The lowest BCUT2D eigenvalue weighted by Gasteiger charge is -2.43. The molecule has 2 aliphatic heterocycles. The lowest BCUT2D eigenvalue weighted by atomic mass is 9.78. The maximum atomic E-state index is 12.3. The van der Waals surface area contributed by atoms with Crippen LogP contribution in [0.3, 0.4) is 0 Å². The predicted molar refractivity (Wildman–Crippen MR) is 66.5 cm³/mol. The average Bonchev–Trinajstić information content (AvgIpc) is 2.33. The maximum absolute atomic E-state index is 12.3. The fourth-order valence-corrected chi connectivity index (χ4v) is 2.59. The van der Waals surface area contributed by atoms with E-state index in [1.165, 1.54) is 0 Å². The Balaban J connectivity index is 1.92. The molecule has 4 nitrogen and oxygen atoms in total. The largest absolute Gasteiger partial charge is 0.381 e. The van der Waals surface area contributed by atoms with E-state index in [0.717, 1.165) is 39.0 Å². The Morgan fingerprint density at radius 3 is 2.59 bits per heavy atom. The molecule has 0 aromatic rings. The third-order valence-electron chi connectivity index (χ3n) is 4.33. The molecule has 2 N–H and O–H groups in total. The van der Waals surface area contributed by atoms with Crippen LogP contribution in [0.1, 0.15) is 33.1 Å². The summed E-state index contributed by atoms with van der Waals surface area (Å²) in [4.78, 5) is 14.3. The number of hydrogen-bond acceptors (Lipinski definition) is 3. The zero-order valence-corrected chi connectivity index (χ0v) is 10.9. The SMILES string of the molecule is CC1(C)CCN(C(=O)C2CCOCC2)CC1N. The van der Waals surface area contributed by atoms with Crippen LogP contribution in [0.4, 0.5) is 0 Å². The Bertz CT molecular complexity index is 285. The van der Waals surface area contributed by atoms with Crippen LogP contribution >= 0.6 is 0 Å². The van der Waals surface area contributed by atoms with Gasteiger partial charge in [-0.15, -0.1) is 0 Å². The quantitative estimate of drug-likeness (QED) is 0.744. The molecule has 1 amide bonds. The van der Waals surface area contributed by atoms with Crippen LogP contribution in [0.5, 0.6) is 0 Å². The highest BCUT2D eigenvalue weighted by Gasteiger charge is 2.36. The zero-order valence-electron chi connectivity index (χ0n) is 10.9. The Morgan fingerprint density at radius 2 is 2.00 bits per heavy atom. The Hall–Kier alpha value is -0.610. The number of likely N-dealkylation sites (tertiary alicyclic amines) is 1. The zero-order chi connectivity index (χ0) is 12.5. The second-order valence-electron chi connectivity index (χ2n) is 6.02. The molecule has 2 aliphatic rings. The van der Waals surface area contributed by atoms with Crippen molar-refractivity contribution in [2.24, 2.45) is 17.1 Å². The van der Waals surface area contributed by atoms with Crippen molar-refractivity contribution in [3.05, 3.63) is 0 Å². The number of carbonyl (C=O) groups is 1. The van der Waals surface area contributed by atoms with E-state index in [-0.39, 0.29) is 17.4 Å². The monoisotopic (exact) mass is 240 g/mol. The number of nitrogens with zero attached hydrogens (tertiary/aromatic N) is 1. The van der Waals surface area contributed by atoms with Gasteiger partial charge in [-0.25, -0.2) is 0 Å². The van der Waals surface area contributed by atoms with Gasteiger partial charge in [-0.3, -0.25) is 4.79 Å². The van der Waals surface area contributed by atoms with Gasteiger partial charge in [0.1, 0.15) is 0 Å². The molecule has 2 saturated heterocycles. The number of nitrogens with two attached hydrogens (primary N) is 1. The van der Waals surface area contributed by atoms with Gasteiger partial charge in [0.25, 0.3) is 0 Å². The molecule has 0 spiro atoms. The summed E-state index contributed by atoms with van der Waals surface area (Å²) in [5.41, 5.74) is 6.31. The first-order chi connectivity index (χ1) is 8.00. The highest BCUT2D eigenvalue weighted by Crippen LogP contribution is 2.30. The van der Waals surface area contributed by atoms with Gasteiger partial charge in [0.2, 0.25) is 5.91 Å². The Kier molecular flexibility index (Phi) is 3.73. The number of ether oxygens (including phenoxy) is 1. The van der Waals surface area contributed by atoms with Crippen molar-refractivity contribution in [1.29, 1.82) is 0 Å². The lowest BCUT2D eigenvalue weighted by Crippen LogP contribution is -2.55. The Morgan fingerprint density at radius 1 is 1.35 bits per heavy atom. The van der Waals surface area contributed by atoms with Crippen molar-refractivity contribution in [2.75, 3.05) is 26.3 Å². The fraction of sp³-hybridized carbons (Fsp3) is 0.923. The summed E-state index contributed by atoms with van der Waals surface area (Å²) < 4.78 is 5.30. The number of rotatable bonds is 1. The molecule has 17 heavy (non-hydrogen) atoms. The summed E-state index contributed by atoms with van der Waals surface area (Å²) in [5, 5.41) is 0. The van der Waals surface area contributed by atoms with Crippen molar-refractivity contribution >= 4 is 5.91 Å². The summed E-state index contributed by atoms with van der Waals surface area (Å²) in [6.07, 6.45) is 2.74. The van der Waals surface area contributed by atoms with Crippen LogP contribution in [0, 0.1) is 11.3 Å². The van der Waals surface area contributed by atoms with Crippen LogP contribution in [-0.2, 0) is 9.53 Å². The van der Waals surface area contributed by atoms with E-state index in [1.54, 1.807) is 0 Å². The van der Waals surface area contributed by atoms with Gasteiger partial charge < -0.3 is 15.4 Å². The van der Waals surface area contributed by atoms with Gasteiger partial charge in [-0.2, -0.15) is 0 Å². The molecule has 2 fully saturated rings. The summed E-state index contributed by atoms with van der Waals surface area (Å²) in [6, 6.07) is 0.0973. The molecule has 2 heterocycles. The number of piperidine rings is 1. The normalized spacial score (nSPS) is 30.3. The van der Waals surface area contributed by atoms with Crippen molar-refractivity contribution in [1.82, 2.24) is 4.90 Å². The van der Waals surface area contributed by atoms with Crippen LogP contribution in [0.2, 0.25) is 0 Å². The van der Waals surface area contributed by atoms with Gasteiger partial charge in [0.15, 0.2) is 0 Å². The molecular weight excluding hydrogens is 216 g/mol. The number of carbonyl (C=O) groups excluding carboxylic acids is 1. The predicted octanol–water partition coefficient (Wildman–Crippen LogP) is 0.999. The molecule has 0 aromatic carbocycles. The summed E-state index contributed by atoms with van der Waals surface area (Å²) in [7, 11) is 0. The second kappa shape index (κ2) is 4.94. The van der Waals surface area contributed by atoms with Gasteiger partial charge in [0, 0.05) is 38.3 Å². The first-order valence-corrected chi connectivity index (χ1v) is 6.63. The van der Waals surface area contributed by atoms with Gasteiger partial charge in [0.05, 0.1) is 0 Å². The minimum atomic E-state index is 0.0973. The van der Waals surface area contributed by atoms with Crippen molar-refractivity contribution in [3.63, 3.8) is 0 Å². The number of amides is 1. The van der Waals surface area contributed by atoms with E-state index >= 15 is 0 Å². The van der Waals surface area contributed by atoms with Gasteiger partial charge >= 0.3 is 0 Å². The summed E-state index contributed by atoms with van der Waals surface area (Å²) in [6.45, 7) is 7.39.